The molecule has 0 heterocycles. The van der Waals surface area contributed by atoms with Gasteiger partial charge in [0.1, 0.15) is 0 Å². The molecular formula is C13H9ClFNO4. The third-order valence-corrected chi connectivity index (χ3v) is 2.83. The zero-order valence-corrected chi connectivity index (χ0v) is 10.8. The number of ether oxygens (including phenoxy) is 1. The Bertz CT molecular complexity index is 663. The van der Waals surface area contributed by atoms with Crippen LogP contribution in [0.4, 0.5) is 10.1 Å². The van der Waals surface area contributed by atoms with E-state index in [1.54, 1.807) is 0 Å². The molecule has 0 fully saturated rings. The van der Waals surface area contributed by atoms with Gasteiger partial charge in [0.05, 0.1) is 16.6 Å². The summed E-state index contributed by atoms with van der Waals surface area (Å²) in [4.78, 5) is 10.3. The molecular weight excluding hydrogens is 289 g/mol. The standard InChI is InChI=1S/C13H9ClFNO4/c14-9-2-1-3-12(13(9)15)20-11-5-4-8(7-17)6-10(11)16(18)19/h1-6,17H,7H2. The van der Waals surface area contributed by atoms with Gasteiger partial charge in [-0.2, -0.15) is 0 Å². The fourth-order valence-corrected chi connectivity index (χ4v) is 1.74. The molecule has 0 spiro atoms. The van der Waals surface area contributed by atoms with Gasteiger partial charge in [0.25, 0.3) is 0 Å². The molecule has 0 radical (unpaired) electrons. The fraction of sp³-hybridized carbons (Fsp3) is 0.0769. The van der Waals surface area contributed by atoms with E-state index in [1.165, 1.54) is 30.3 Å². The lowest BCUT2D eigenvalue weighted by molar-refractivity contribution is -0.385. The lowest BCUT2D eigenvalue weighted by Crippen LogP contribution is -1.96. The van der Waals surface area contributed by atoms with Gasteiger partial charge < -0.3 is 9.84 Å². The fourth-order valence-electron chi connectivity index (χ4n) is 1.57. The predicted octanol–water partition coefficient (Wildman–Crippen LogP) is 3.67. The van der Waals surface area contributed by atoms with Crippen molar-refractivity contribution < 1.29 is 19.2 Å². The topological polar surface area (TPSA) is 72.6 Å². The number of aliphatic hydroxyl groups is 1. The van der Waals surface area contributed by atoms with Crippen LogP contribution in [-0.2, 0) is 6.61 Å². The number of aliphatic hydroxyl groups excluding tert-OH is 1. The SMILES string of the molecule is O=[N+]([O-])c1cc(CO)ccc1Oc1cccc(Cl)c1F. The van der Waals surface area contributed by atoms with E-state index in [4.69, 9.17) is 21.4 Å². The van der Waals surface area contributed by atoms with Crippen molar-refractivity contribution in [3.63, 3.8) is 0 Å². The number of nitro benzene ring substituents is 1. The maximum Gasteiger partial charge on any atom is 0.311 e. The molecule has 2 aromatic carbocycles. The summed E-state index contributed by atoms with van der Waals surface area (Å²) >= 11 is 5.61. The molecule has 20 heavy (non-hydrogen) atoms. The first-order valence-electron chi connectivity index (χ1n) is 5.53. The van der Waals surface area contributed by atoms with Crippen LogP contribution >= 0.6 is 11.6 Å². The maximum absolute atomic E-state index is 13.7. The van der Waals surface area contributed by atoms with Crippen molar-refractivity contribution in [1.29, 1.82) is 0 Å². The quantitative estimate of drug-likeness (QED) is 0.690. The highest BCUT2D eigenvalue weighted by atomic mass is 35.5. The summed E-state index contributed by atoms with van der Waals surface area (Å²) in [6, 6.07) is 8.03. The second-order valence-corrected chi connectivity index (χ2v) is 4.28. The summed E-state index contributed by atoms with van der Waals surface area (Å²) in [5.41, 5.74) is -0.00783. The Labute approximate surface area is 118 Å². The van der Waals surface area contributed by atoms with Crippen LogP contribution in [0, 0.1) is 15.9 Å². The average Bonchev–Trinajstić information content (AvgIpc) is 2.44. The van der Waals surface area contributed by atoms with Gasteiger partial charge >= 0.3 is 5.69 Å². The molecule has 0 saturated carbocycles. The predicted molar refractivity (Wildman–Crippen MR) is 70.5 cm³/mol. The van der Waals surface area contributed by atoms with E-state index in [0.717, 1.165) is 6.07 Å². The van der Waals surface area contributed by atoms with Crippen LogP contribution in [0.1, 0.15) is 5.56 Å². The normalized spacial score (nSPS) is 10.3. The van der Waals surface area contributed by atoms with Crippen molar-refractivity contribution >= 4 is 17.3 Å². The van der Waals surface area contributed by atoms with E-state index in [0.29, 0.717) is 5.56 Å². The smallest absolute Gasteiger partial charge is 0.311 e. The summed E-state index contributed by atoms with van der Waals surface area (Å²) in [7, 11) is 0. The zero-order valence-electron chi connectivity index (χ0n) is 10.0. The van der Waals surface area contributed by atoms with E-state index >= 15 is 0 Å². The molecule has 2 rings (SSSR count). The molecule has 0 bridgehead atoms. The second kappa shape index (κ2) is 5.85. The van der Waals surface area contributed by atoms with E-state index in [-0.39, 0.29) is 28.8 Å². The van der Waals surface area contributed by atoms with Crippen molar-refractivity contribution in [1.82, 2.24) is 0 Å². The molecule has 0 aliphatic rings. The van der Waals surface area contributed by atoms with Crippen molar-refractivity contribution in [2.75, 3.05) is 0 Å². The van der Waals surface area contributed by atoms with Crippen LogP contribution in [0.3, 0.4) is 0 Å². The van der Waals surface area contributed by atoms with Crippen LogP contribution in [0.15, 0.2) is 36.4 Å². The number of nitro groups is 1. The number of hydrogen-bond donors (Lipinski definition) is 1. The lowest BCUT2D eigenvalue weighted by Gasteiger charge is -2.08. The van der Waals surface area contributed by atoms with Gasteiger partial charge in [-0.1, -0.05) is 23.7 Å². The van der Waals surface area contributed by atoms with Crippen LogP contribution in [-0.4, -0.2) is 10.0 Å². The molecule has 7 heteroatoms. The Morgan fingerprint density at radius 1 is 1.30 bits per heavy atom. The first-order chi connectivity index (χ1) is 9.52. The minimum Gasteiger partial charge on any atom is -0.447 e. The third-order valence-electron chi connectivity index (χ3n) is 2.54. The summed E-state index contributed by atoms with van der Waals surface area (Å²) in [5, 5.41) is 19.8. The molecule has 0 aliphatic carbocycles. The van der Waals surface area contributed by atoms with Crippen molar-refractivity contribution in [2.24, 2.45) is 0 Å². The van der Waals surface area contributed by atoms with Gasteiger partial charge in [-0.05, 0) is 23.8 Å². The monoisotopic (exact) mass is 297 g/mol. The Hall–Kier alpha value is -2.18. The van der Waals surface area contributed by atoms with Crippen LogP contribution in [0.25, 0.3) is 0 Å². The minimum atomic E-state index is -0.797. The van der Waals surface area contributed by atoms with Crippen LogP contribution in [0.2, 0.25) is 5.02 Å². The molecule has 5 nitrogen and oxygen atoms in total. The van der Waals surface area contributed by atoms with Gasteiger partial charge in [-0.15, -0.1) is 0 Å². The first-order valence-corrected chi connectivity index (χ1v) is 5.90. The highest BCUT2D eigenvalue weighted by Crippen LogP contribution is 2.34. The molecule has 104 valence electrons. The minimum absolute atomic E-state index is 0.131. The molecule has 2 aromatic rings. The largest absolute Gasteiger partial charge is 0.447 e. The van der Waals surface area contributed by atoms with Crippen molar-refractivity contribution in [2.45, 2.75) is 6.61 Å². The van der Waals surface area contributed by atoms with Gasteiger partial charge in [-0.3, -0.25) is 10.1 Å². The van der Waals surface area contributed by atoms with E-state index in [1.807, 2.05) is 0 Å². The zero-order chi connectivity index (χ0) is 14.7. The second-order valence-electron chi connectivity index (χ2n) is 3.87. The summed E-state index contributed by atoms with van der Waals surface area (Å²) < 4.78 is 18.9. The Morgan fingerprint density at radius 2 is 2.05 bits per heavy atom. The van der Waals surface area contributed by atoms with E-state index in [9.17, 15) is 14.5 Å². The van der Waals surface area contributed by atoms with Crippen molar-refractivity contribution in [3.8, 4) is 11.5 Å². The Balaban J connectivity index is 2.43. The average molecular weight is 298 g/mol. The molecule has 0 unspecified atom stereocenters. The summed E-state index contributed by atoms with van der Waals surface area (Å²) in [5.74, 6) is -1.14. The summed E-state index contributed by atoms with van der Waals surface area (Å²) in [6.45, 7) is -0.341. The molecule has 1 N–H and O–H groups in total. The van der Waals surface area contributed by atoms with Gasteiger partial charge in [0.2, 0.25) is 5.75 Å². The van der Waals surface area contributed by atoms with Gasteiger partial charge in [-0.25, -0.2) is 4.39 Å². The third kappa shape index (κ3) is 2.87. The highest BCUT2D eigenvalue weighted by molar-refractivity contribution is 6.30. The van der Waals surface area contributed by atoms with E-state index < -0.39 is 10.7 Å². The molecule has 0 aromatic heterocycles. The van der Waals surface area contributed by atoms with Crippen molar-refractivity contribution in [3.05, 3.63) is 62.9 Å². The van der Waals surface area contributed by atoms with Crippen LogP contribution < -0.4 is 4.74 Å². The Morgan fingerprint density at radius 3 is 2.70 bits per heavy atom. The summed E-state index contributed by atoms with van der Waals surface area (Å²) in [6.07, 6.45) is 0. The maximum atomic E-state index is 13.7. The number of rotatable bonds is 4. The van der Waals surface area contributed by atoms with E-state index in [2.05, 4.69) is 0 Å². The lowest BCUT2D eigenvalue weighted by atomic mass is 10.2. The number of nitrogens with zero attached hydrogens (tertiary/aromatic N) is 1. The molecule has 0 saturated heterocycles. The van der Waals surface area contributed by atoms with Gasteiger partial charge in [0.15, 0.2) is 11.6 Å². The van der Waals surface area contributed by atoms with Gasteiger partial charge in [0, 0.05) is 6.07 Å². The molecule has 0 aliphatic heterocycles. The first kappa shape index (κ1) is 14.2. The molecule has 0 amide bonds. The number of halogens is 2. The highest BCUT2D eigenvalue weighted by Gasteiger charge is 2.18. The van der Waals surface area contributed by atoms with Crippen LogP contribution in [0.5, 0.6) is 11.5 Å². The number of hydrogen-bond acceptors (Lipinski definition) is 4. The molecule has 0 atom stereocenters. The number of benzene rings is 2. The Kier molecular flexibility index (Phi) is 4.16.